The van der Waals surface area contributed by atoms with Gasteiger partial charge >= 0.3 is 6.09 Å². The Morgan fingerprint density at radius 2 is 1.75 bits per heavy atom. The first kappa shape index (κ1) is 39.0. The zero-order valence-electron chi connectivity index (χ0n) is 31.7. The first-order chi connectivity index (χ1) is 25.0. The fraction of sp³-hybridized carbons (Fsp3) is 0.658. The number of likely N-dealkylation sites (tertiary alicyclic amines) is 1. The summed E-state index contributed by atoms with van der Waals surface area (Å²) >= 11 is 0. The molecule has 5 rings (SSSR count). The Bertz CT molecular complexity index is 1520. The van der Waals surface area contributed by atoms with Gasteiger partial charge in [0.2, 0.25) is 11.9 Å². The number of rotatable bonds is 15. The molecule has 1 atom stereocenters. The number of hydrogen-bond acceptors (Lipinski definition) is 11. The molecule has 2 N–H and O–H groups in total. The van der Waals surface area contributed by atoms with E-state index in [0.29, 0.717) is 80.9 Å². The summed E-state index contributed by atoms with van der Waals surface area (Å²) in [7, 11) is 3.34. The number of piperidine rings is 1. The summed E-state index contributed by atoms with van der Waals surface area (Å²) in [4.78, 5) is 53.4. The number of nitrogens with zero attached hydrogens (tertiary/aromatic N) is 5. The summed E-state index contributed by atoms with van der Waals surface area (Å²) in [5.41, 5.74) is 1.32. The number of ether oxygens (including phenoxy) is 4. The molecule has 286 valence electrons. The average Bonchev–Trinajstić information content (AvgIpc) is 3.66. The van der Waals surface area contributed by atoms with Crippen molar-refractivity contribution < 1.29 is 33.3 Å². The molecule has 0 radical (unpaired) electrons. The van der Waals surface area contributed by atoms with Crippen molar-refractivity contribution in [3.8, 4) is 5.75 Å². The number of hydrogen-bond donors (Lipinski definition) is 2. The van der Waals surface area contributed by atoms with Gasteiger partial charge in [0.25, 0.3) is 5.91 Å². The van der Waals surface area contributed by atoms with Gasteiger partial charge in [-0.15, -0.1) is 0 Å². The Morgan fingerprint density at radius 3 is 2.44 bits per heavy atom. The molecule has 3 amide bonds. The molecule has 1 aliphatic carbocycles. The van der Waals surface area contributed by atoms with Crippen LogP contribution in [0.2, 0.25) is 0 Å². The van der Waals surface area contributed by atoms with E-state index in [1.165, 1.54) is 0 Å². The zero-order valence-corrected chi connectivity index (χ0v) is 31.7. The van der Waals surface area contributed by atoms with Crippen LogP contribution in [0.25, 0.3) is 0 Å². The lowest BCUT2D eigenvalue weighted by Crippen LogP contribution is -2.55. The molecule has 1 saturated heterocycles. The molecular formula is C38H57N7O7. The lowest BCUT2D eigenvalue weighted by molar-refractivity contribution is -0.120. The number of benzene rings is 1. The molecule has 14 nitrogen and oxygen atoms in total. The molecule has 0 bridgehead atoms. The molecule has 1 saturated carbocycles. The van der Waals surface area contributed by atoms with Crippen molar-refractivity contribution in [1.29, 1.82) is 0 Å². The van der Waals surface area contributed by atoms with Crippen LogP contribution in [-0.4, -0.2) is 110 Å². The fourth-order valence-electron chi connectivity index (χ4n) is 7.02. The van der Waals surface area contributed by atoms with Crippen molar-refractivity contribution in [2.75, 3.05) is 68.7 Å². The van der Waals surface area contributed by atoms with E-state index in [0.717, 1.165) is 50.8 Å². The van der Waals surface area contributed by atoms with E-state index in [4.69, 9.17) is 23.9 Å². The standard InChI is InChI=1S/C38H57N7O7/c1-7-30-35(47)43(5)31-25-40-36(42-33(31)45(30)27-12-8-9-13-27)41-29-15-14-26(24-32(29)49-6)34(46)39-18-10-21-50-22-11-23-51-28-16-19-44(20-17-28)37(48)52-38(2,3)4/h14-15,24-25,27-28,30H,7-13,16-23H2,1-6H3,(H,39,46)(H,40,41,42). The van der Waals surface area contributed by atoms with Crippen molar-refractivity contribution in [1.82, 2.24) is 20.2 Å². The number of aromatic nitrogens is 2. The second-order valence-corrected chi connectivity index (χ2v) is 14.7. The minimum absolute atomic E-state index is 0.0715. The summed E-state index contributed by atoms with van der Waals surface area (Å²) in [5.74, 6) is 1.51. The van der Waals surface area contributed by atoms with Crippen molar-refractivity contribution >= 4 is 41.0 Å². The van der Waals surface area contributed by atoms with Gasteiger partial charge < -0.3 is 44.3 Å². The van der Waals surface area contributed by atoms with Gasteiger partial charge in [-0.2, -0.15) is 4.98 Å². The Labute approximate surface area is 307 Å². The van der Waals surface area contributed by atoms with Gasteiger partial charge in [-0.1, -0.05) is 19.8 Å². The fourth-order valence-corrected chi connectivity index (χ4v) is 7.02. The van der Waals surface area contributed by atoms with E-state index < -0.39 is 5.60 Å². The maximum Gasteiger partial charge on any atom is 0.410 e. The third-order valence-electron chi connectivity index (χ3n) is 9.75. The zero-order chi connectivity index (χ0) is 37.3. The van der Waals surface area contributed by atoms with Gasteiger partial charge in [-0.3, -0.25) is 9.59 Å². The number of nitrogens with one attached hydrogen (secondary N) is 2. The van der Waals surface area contributed by atoms with Gasteiger partial charge in [0, 0.05) is 58.1 Å². The molecule has 2 fully saturated rings. The highest BCUT2D eigenvalue weighted by Crippen LogP contribution is 2.40. The van der Waals surface area contributed by atoms with E-state index in [-0.39, 0.29) is 36.1 Å². The summed E-state index contributed by atoms with van der Waals surface area (Å²) in [5, 5.41) is 6.22. The Balaban J connectivity index is 1.02. The van der Waals surface area contributed by atoms with Crippen molar-refractivity contribution in [3.05, 3.63) is 30.0 Å². The van der Waals surface area contributed by atoms with Crippen LogP contribution in [0.3, 0.4) is 0 Å². The van der Waals surface area contributed by atoms with E-state index in [9.17, 15) is 14.4 Å². The summed E-state index contributed by atoms with van der Waals surface area (Å²) < 4.78 is 22.8. The largest absolute Gasteiger partial charge is 0.495 e. The van der Waals surface area contributed by atoms with Crippen LogP contribution < -0.4 is 25.2 Å². The van der Waals surface area contributed by atoms with Gasteiger partial charge in [0.1, 0.15) is 23.1 Å². The molecule has 1 unspecified atom stereocenters. The van der Waals surface area contributed by atoms with Crippen LogP contribution in [0.4, 0.5) is 27.9 Å². The molecule has 0 spiro atoms. The summed E-state index contributed by atoms with van der Waals surface area (Å²) in [6, 6.07) is 5.23. The molecular weight excluding hydrogens is 666 g/mol. The molecule has 3 aliphatic rings. The average molecular weight is 724 g/mol. The first-order valence-electron chi connectivity index (χ1n) is 18.8. The number of carbonyl (C=O) groups excluding carboxylic acids is 3. The highest BCUT2D eigenvalue weighted by atomic mass is 16.6. The number of anilines is 4. The van der Waals surface area contributed by atoms with Crippen LogP contribution in [0.5, 0.6) is 5.75 Å². The Kier molecular flexibility index (Phi) is 13.6. The minimum atomic E-state index is -0.491. The molecule has 2 aromatic rings. The first-order valence-corrected chi connectivity index (χ1v) is 18.8. The third kappa shape index (κ3) is 10.0. The third-order valence-corrected chi connectivity index (χ3v) is 9.75. The van der Waals surface area contributed by atoms with Crippen LogP contribution >= 0.6 is 0 Å². The number of methoxy groups -OCH3 is 1. The van der Waals surface area contributed by atoms with Crippen molar-refractivity contribution in [3.63, 3.8) is 0 Å². The van der Waals surface area contributed by atoms with Gasteiger partial charge in [-0.25, -0.2) is 9.78 Å². The number of fused-ring (bicyclic) bond motifs is 1. The number of likely N-dealkylation sites (N-methyl/N-ethyl adjacent to an activating group) is 1. The second-order valence-electron chi connectivity index (χ2n) is 14.7. The molecule has 14 heteroatoms. The summed E-state index contributed by atoms with van der Waals surface area (Å²) in [6.07, 6.45) is 9.73. The lowest BCUT2D eigenvalue weighted by Gasteiger charge is -2.43. The van der Waals surface area contributed by atoms with Gasteiger partial charge in [0.15, 0.2) is 5.82 Å². The molecule has 52 heavy (non-hydrogen) atoms. The van der Waals surface area contributed by atoms with Crippen molar-refractivity contribution in [2.45, 2.75) is 109 Å². The smallest absolute Gasteiger partial charge is 0.410 e. The van der Waals surface area contributed by atoms with Gasteiger partial charge in [-0.05, 0) is 83.9 Å². The Morgan fingerprint density at radius 1 is 1.02 bits per heavy atom. The lowest BCUT2D eigenvalue weighted by atomic mass is 10.0. The highest BCUT2D eigenvalue weighted by Gasteiger charge is 2.41. The SMILES string of the molecule is CCC1C(=O)N(C)c2cnc(Nc3ccc(C(=O)NCCCOCCCOC4CCN(C(=O)OC(C)(C)C)CC4)cc3OC)nc2N1C1CCCC1. The molecule has 3 heterocycles. The minimum Gasteiger partial charge on any atom is -0.495 e. The van der Waals surface area contributed by atoms with Gasteiger partial charge in [0.05, 0.1) is 25.1 Å². The van der Waals surface area contributed by atoms with E-state index in [1.807, 2.05) is 27.7 Å². The van der Waals surface area contributed by atoms with Crippen molar-refractivity contribution in [2.24, 2.45) is 0 Å². The van der Waals surface area contributed by atoms with Crippen LogP contribution in [0.1, 0.15) is 95.8 Å². The predicted octanol–water partition coefficient (Wildman–Crippen LogP) is 5.68. The normalized spacial score (nSPS) is 18.4. The number of carbonyl (C=O) groups is 3. The molecule has 1 aromatic carbocycles. The Hall–Kier alpha value is -4.17. The molecule has 1 aromatic heterocycles. The topological polar surface area (TPSA) is 148 Å². The summed E-state index contributed by atoms with van der Waals surface area (Å²) in [6.45, 7) is 11.1. The predicted molar refractivity (Wildman–Crippen MR) is 200 cm³/mol. The monoisotopic (exact) mass is 723 g/mol. The second kappa shape index (κ2) is 18.0. The van der Waals surface area contributed by atoms with E-state index in [1.54, 1.807) is 48.4 Å². The van der Waals surface area contributed by atoms with Crippen LogP contribution in [-0.2, 0) is 19.0 Å². The number of amides is 3. The van der Waals surface area contributed by atoms with E-state index in [2.05, 4.69) is 20.5 Å². The maximum atomic E-state index is 13.2. The molecule has 2 aliphatic heterocycles. The highest BCUT2D eigenvalue weighted by molar-refractivity contribution is 6.04. The van der Waals surface area contributed by atoms with Crippen LogP contribution in [0.15, 0.2) is 24.4 Å². The maximum absolute atomic E-state index is 13.2. The quantitative estimate of drug-likeness (QED) is 0.219. The van der Waals surface area contributed by atoms with Crippen LogP contribution in [0, 0.1) is 0 Å². The van der Waals surface area contributed by atoms with E-state index >= 15 is 0 Å².